The molecule has 0 aromatic heterocycles. The van der Waals surface area contributed by atoms with Crippen molar-refractivity contribution in [2.45, 2.75) is 52.6 Å². The molecule has 6 nitrogen and oxygen atoms in total. The zero-order valence-corrected chi connectivity index (χ0v) is 18.0. The Bertz CT molecular complexity index is 835. The highest BCUT2D eigenvalue weighted by molar-refractivity contribution is 7.81. The third kappa shape index (κ3) is 6.07. The first-order valence-corrected chi connectivity index (χ1v) is 10.0. The lowest BCUT2D eigenvalue weighted by atomic mass is 9.87. The molecule has 0 saturated heterocycles. The van der Waals surface area contributed by atoms with Crippen LogP contribution in [0.1, 0.15) is 47.1 Å². The quantitative estimate of drug-likeness (QED) is 0.650. The van der Waals surface area contributed by atoms with Gasteiger partial charge in [-0.3, -0.25) is 9.87 Å². The lowest BCUT2D eigenvalue weighted by Crippen LogP contribution is -2.27. The second kappa shape index (κ2) is 8.32. The number of carbonyl (C=O) groups excluding carboxylic acids is 1. The van der Waals surface area contributed by atoms with Crippen LogP contribution in [0.2, 0.25) is 0 Å². The van der Waals surface area contributed by atoms with E-state index >= 15 is 0 Å². The van der Waals surface area contributed by atoms with Crippen molar-refractivity contribution in [1.29, 1.82) is 0 Å². The van der Waals surface area contributed by atoms with Crippen LogP contribution in [-0.4, -0.2) is 20.5 Å². The predicted molar refractivity (Wildman–Crippen MR) is 114 cm³/mol. The average molecular weight is 405 g/mol. The first-order chi connectivity index (χ1) is 12.9. The Hall–Kier alpha value is -2.38. The van der Waals surface area contributed by atoms with Gasteiger partial charge in [0.05, 0.1) is 11.4 Å². The number of carbonyl (C=O) groups is 1. The predicted octanol–water partition coefficient (Wildman–Crippen LogP) is 5.61. The molecule has 1 atom stereocenters. The number of rotatable bonds is 4. The summed E-state index contributed by atoms with van der Waals surface area (Å²) in [6, 6.07) is 14.2. The molecule has 7 heteroatoms. The van der Waals surface area contributed by atoms with Crippen molar-refractivity contribution < 1.29 is 18.3 Å². The van der Waals surface area contributed by atoms with E-state index < -0.39 is 23.0 Å². The highest BCUT2D eigenvalue weighted by Crippen LogP contribution is 2.30. The molecule has 0 spiro atoms. The van der Waals surface area contributed by atoms with Gasteiger partial charge in [0.25, 0.3) is 11.3 Å². The van der Waals surface area contributed by atoms with Crippen molar-refractivity contribution in [3.8, 4) is 0 Å². The number of anilines is 3. The van der Waals surface area contributed by atoms with E-state index in [4.69, 9.17) is 4.74 Å². The van der Waals surface area contributed by atoms with Crippen molar-refractivity contribution in [1.82, 2.24) is 0 Å². The topological polar surface area (TPSA) is 78.9 Å². The maximum Gasteiger partial charge on any atom is 0.412 e. The van der Waals surface area contributed by atoms with Crippen molar-refractivity contribution >= 4 is 34.4 Å². The molecule has 0 radical (unpaired) electrons. The normalized spacial score (nSPS) is 13.0. The van der Waals surface area contributed by atoms with Gasteiger partial charge in [-0.15, -0.1) is 0 Å². The number of hydrogen-bond acceptors (Lipinski definition) is 3. The van der Waals surface area contributed by atoms with Crippen LogP contribution < -0.4 is 9.62 Å². The van der Waals surface area contributed by atoms with E-state index in [2.05, 4.69) is 26.1 Å². The summed E-state index contributed by atoms with van der Waals surface area (Å²) in [5.74, 6) is 0. The Balaban J connectivity index is 2.21. The molecule has 2 N–H and O–H groups in total. The Morgan fingerprint density at radius 3 is 1.79 bits per heavy atom. The van der Waals surface area contributed by atoms with Crippen LogP contribution >= 0.6 is 0 Å². The van der Waals surface area contributed by atoms with Gasteiger partial charge < -0.3 is 4.74 Å². The molecule has 0 bridgehead atoms. The number of benzene rings is 2. The van der Waals surface area contributed by atoms with E-state index in [9.17, 15) is 13.6 Å². The number of nitrogens with zero attached hydrogens (tertiary/aromatic N) is 1. The summed E-state index contributed by atoms with van der Waals surface area (Å²) in [6.45, 7) is 11.7. The van der Waals surface area contributed by atoms with Crippen LogP contribution in [0.15, 0.2) is 48.5 Å². The maximum absolute atomic E-state index is 11.9. The van der Waals surface area contributed by atoms with Gasteiger partial charge >= 0.3 is 6.09 Å². The molecule has 0 aliphatic rings. The fourth-order valence-electron chi connectivity index (χ4n) is 2.53. The third-order valence-electron chi connectivity index (χ3n) is 3.87. The van der Waals surface area contributed by atoms with Gasteiger partial charge in [0.1, 0.15) is 5.60 Å². The second-order valence-corrected chi connectivity index (χ2v) is 9.32. The van der Waals surface area contributed by atoms with Gasteiger partial charge in [-0.25, -0.2) is 13.3 Å². The van der Waals surface area contributed by atoms with E-state index in [0.717, 1.165) is 5.56 Å². The molecular weight excluding hydrogens is 376 g/mol. The van der Waals surface area contributed by atoms with Gasteiger partial charge in [-0.1, -0.05) is 32.9 Å². The largest absolute Gasteiger partial charge is 0.444 e. The molecule has 0 aliphatic heterocycles. The number of amides is 1. The van der Waals surface area contributed by atoms with E-state index in [0.29, 0.717) is 17.1 Å². The van der Waals surface area contributed by atoms with Crippen LogP contribution in [0.3, 0.4) is 0 Å². The van der Waals surface area contributed by atoms with E-state index in [-0.39, 0.29) is 5.41 Å². The Morgan fingerprint density at radius 1 is 0.929 bits per heavy atom. The summed E-state index contributed by atoms with van der Waals surface area (Å²) in [7, 11) is 0. The molecule has 0 aliphatic carbocycles. The summed E-state index contributed by atoms with van der Waals surface area (Å²) in [5.41, 5.74) is 2.20. The van der Waals surface area contributed by atoms with Crippen molar-refractivity contribution in [3.63, 3.8) is 0 Å². The molecular formula is C21H28N2O4S. The van der Waals surface area contributed by atoms with Crippen LogP contribution in [0, 0.1) is 0 Å². The van der Waals surface area contributed by atoms with Crippen LogP contribution in [-0.2, 0) is 21.4 Å². The monoisotopic (exact) mass is 404 g/mol. The molecule has 1 unspecified atom stereocenters. The van der Waals surface area contributed by atoms with Gasteiger partial charge in [0.2, 0.25) is 0 Å². The highest BCUT2D eigenvalue weighted by Gasteiger charge is 2.19. The summed E-state index contributed by atoms with van der Waals surface area (Å²) in [6.07, 6.45) is -0.555. The minimum absolute atomic E-state index is 0.00327. The van der Waals surface area contributed by atoms with Crippen molar-refractivity contribution in [3.05, 3.63) is 54.1 Å². The fraction of sp³-hybridized carbons (Fsp3) is 0.381. The lowest BCUT2D eigenvalue weighted by molar-refractivity contribution is 0.0636. The van der Waals surface area contributed by atoms with E-state index in [1.807, 2.05) is 24.3 Å². The molecule has 2 aromatic rings. The zero-order valence-electron chi connectivity index (χ0n) is 17.1. The van der Waals surface area contributed by atoms with Crippen LogP contribution in [0.4, 0.5) is 21.9 Å². The van der Waals surface area contributed by atoms with Gasteiger partial charge in [-0.05, 0) is 68.1 Å². The minimum Gasteiger partial charge on any atom is -0.444 e. The Labute approximate surface area is 169 Å². The van der Waals surface area contributed by atoms with Gasteiger partial charge in [0.15, 0.2) is 0 Å². The average Bonchev–Trinajstić information content (AvgIpc) is 2.54. The standard InChI is InChI=1S/C21H28N2O4S/c1-20(2,3)15-7-11-17(12-8-15)23(28(25)26)18-13-9-16(10-14-18)22-19(24)27-21(4,5)6/h7-14H,1-6H3,(H,22,24)(H,25,26). The first-order valence-electron chi connectivity index (χ1n) is 8.98. The first kappa shape index (κ1) is 21.9. The maximum atomic E-state index is 11.9. The third-order valence-corrected chi connectivity index (χ3v) is 4.61. The molecule has 2 rings (SSSR count). The Morgan fingerprint density at radius 2 is 1.39 bits per heavy atom. The van der Waals surface area contributed by atoms with Gasteiger partial charge in [0, 0.05) is 5.69 Å². The summed E-state index contributed by atoms with van der Waals surface area (Å²) in [5, 5.41) is 2.64. The second-order valence-electron chi connectivity index (χ2n) is 8.50. The molecule has 152 valence electrons. The smallest absolute Gasteiger partial charge is 0.412 e. The zero-order chi connectivity index (χ0) is 21.1. The molecule has 2 aromatic carbocycles. The number of hydrogen-bond donors (Lipinski definition) is 2. The molecule has 0 fully saturated rings. The summed E-state index contributed by atoms with van der Waals surface area (Å²) in [4.78, 5) is 11.9. The summed E-state index contributed by atoms with van der Waals surface area (Å²) >= 11 is -2.24. The molecule has 0 heterocycles. The van der Waals surface area contributed by atoms with E-state index in [1.54, 1.807) is 45.0 Å². The van der Waals surface area contributed by atoms with Crippen LogP contribution in [0.5, 0.6) is 0 Å². The van der Waals surface area contributed by atoms with Gasteiger partial charge in [-0.2, -0.15) is 0 Å². The molecule has 28 heavy (non-hydrogen) atoms. The lowest BCUT2D eigenvalue weighted by Gasteiger charge is -2.23. The minimum atomic E-state index is -2.24. The fourth-order valence-corrected chi connectivity index (χ4v) is 3.13. The Kier molecular flexibility index (Phi) is 6.52. The van der Waals surface area contributed by atoms with Crippen molar-refractivity contribution in [2.75, 3.05) is 9.62 Å². The number of ether oxygens (including phenoxy) is 1. The van der Waals surface area contributed by atoms with E-state index in [1.165, 1.54) is 4.31 Å². The summed E-state index contributed by atoms with van der Waals surface area (Å²) < 4.78 is 28.3. The van der Waals surface area contributed by atoms with Crippen molar-refractivity contribution in [2.24, 2.45) is 0 Å². The highest BCUT2D eigenvalue weighted by atomic mass is 32.2. The SMILES string of the molecule is CC(C)(C)OC(=O)Nc1ccc(N(c2ccc(C(C)(C)C)cc2)S(=O)O)cc1. The molecule has 0 saturated carbocycles. The van der Waals surface area contributed by atoms with Crippen LogP contribution in [0.25, 0.3) is 0 Å². The number of nitrogens with one attached hydrogen (secondary N) is 1. The molecule has 1 amide bonds.